The van der Waals surface area contributed by atoms with Crippen LogP contribution in [0.15, 0.2) is 47.5 Å². The SMILES string of the molecule is COc1cc(/C=C2\CN(C(=O)CCC(=O)NCCCN(CCCNC(=O)OC(C)(C)C)C(=O)OC(C)(C)C)C/C(=C\c3ccc(O)c(OC)c3)C2=O)ccc1O. The number of hydrogen-bond donors (Lipinski definition) is 4. The van der Waals surface area contributed by atoms with Gasteiger partial charge in [0.25, 0.3) is 0 Å². The van der Waals surface area contributed by atoms with Crippen LogP contribution >= 0.6 is 0 Å². The van der Waals surface area contributed by atoms with Gasteiger partial charge in [-0.25, -0.2) is 9.59 Å². The number of ketones is 1. The van der Waals surface area contributed by atoms with E-state index in [4.69, 9.17) is 18.9 Å². The van der Waals surface area contributed by atoms with Crippen LogP contribution in [0.2, 0.25) is 0 Å². The maximum absolute atomic E-state index is 13.7. The molecule has 0 spiro atoms. The largest absolute Gasteiger partial charge is 0.504 e. The van der Waals surface area contributed by atoms with Gasteiger partial charge in [0, 0.05) is 63.3 Å². The van der Waals surface area contributed by atoms with Crippen LogP contribution < -0.4 is 20.1 Å². The number of aromatic hydroxyl groups is 2. The third-order valence-electron chi connectivity index (χ3n) is 8.17. The first-order valence-corrected chi connectivity index (χ1v) is 18.5. The van der Waals surface area contributed by atoms with Gasteiger partial charge in [0.15, 0.2) is 28.8 Å². The van der Waals surface area contributed by atoms with Crippen molar-refractivity contribution in [3.05, 3.63) is 58.7 Å². The summed E-state index contributed by atoms with van der Waals surface area (Å²) in [5.74, 6) is -0.663. The number of phenolic OH excluding ortho intramolecular Hbond substituents is 2. The number of phenols is 2. The first-order valence-electron chi connectivity index (χ1n) is 18.5. The Morgan fingerprint density at radius 2 is 1.23 bits per heavy atom. The molecule has 4 amide bonds. The van der Waals surface area contributed by atoms with E-state index in [-0.39, 0.29) is 86.2 Å². The van der Waals surface area contributed by atoms with Gasteiger partial charge in [-0.2, -0.15) is 0 Å². The predicted molar refractivity (Wildman–Crippen MR) is 210 cm³/mol. The maximum Gasteiger partial charge on any atom is 0.410 e. The Kier molecular flexibility index (Phi) is 16.2. The lowest BCUT2D eigenvalue weighted by Crippen LogP contribution is -2.42. The number of piperidine rings is 1. The summed E-state index contributed by atoms with van der Waals surface area (Å²) in [5, 5.41) is 25.6. The zero-order valence-electron chi connectivity index (χ0n) is 33.7. The highest BCUT2D eigenvalue weighted by Crippen LogP contribution is 2.31. The molecular formula is C41H56N4O11. The fourth-order valence-corrected chi connectivity index (χ4v) is 5.55. The van der Waals surface area contributed by atoms with Gasteiger partial charge in [0.1, 0.15) is 11.2 Å². The van der Waals surface area contributed by atoms with Gasteiger partial charge in [-0.1, -0.05) is 12.1 Å². The molecule has 1 aliphatic rings. The Morgan fingerprint density at radius 1 is 0.750 bits per heavy atom. The molecule has 1 aliphatic heterocycles. The molecule has 0 radical (unpaired) electrons. The highest BCUT2D eigenvalue weighted by Gasteiger charge is 2.30. The van der Waals surface area contributed by atoms with Crippen LogP contribution in [0, 0.1) is 0 Å². The Morgan fingerprint density at radius 3 is 1.70 bits per heavy atom. The normalized spacial score (nSPS) is 14.6. The molecule has 0 aromatic heterocycles. The second-order valence-electron chi connectivity index (χ2n) is 15.2. The van der Waals surface area contributed by atoms with Gasteiger partial charge in [0.2, 0.25) is 11.8 Å². The van der Waals surface area contributed by atoms with Crippen LogP contribution in [-0.2, 0) is 23.9 Å². The van der Waals surface area contributed by atoms with Crippen molar-refractivity contribution in [3.63, 3.8) is 0 Å². The molecule has 2 aromatic rings. The second kappa shape index (κ2) is 20.3. The van der Waals surface area contributed by atoms with E-state index in [9.17, 15) is 34.2 Å². The third-order valence-corrected chi connectivity index (χ3v) is 8.17. The van der Waals surface area contributed by atoms with E-state index in [2.05, 4.69) is 10.6 Å². The standard InChI is InChI=1S/C41H56N4O11/c1-40(2,3)55-38(51)43-18-10-20-44(39(52)56-41(4,5)6)19-9-17-42-35(48)15-16-36(49)45-25-29(21-27-11-13-31(46)33(23-27)53-7)37(50)30(26-45)22-28-12-14-32(47)34(24-28)54-8/h11-14,21-24,46-47H,9-10,15-20,25-26H2,1-8H3,(H,42,48)(H,43,51)/b29-21+,30-22+. The van der Waals surface area contributed by atoms with Gasteiger partial charge in [-0.15, -0.1) is 0 Å². The molecule has 0 bridgehead atoms. The highest BCUT2D eigenvalue weighted by molar-refractivity contribution is 6.15. The number of methoxy groups -OCH3 is 2. The lowest BCUT2D eigenvalue weighted by atomic mass is 9.93. The minimum absolute atomic E-state index is 0.00743. The predicted octanol–water partition coefficient (Wildman–Crippen LogP) is 5.43. The van der Waals surface area contributed by atoms with Crippen molar-refractivity contribution < 1.29 is 53.1 Å². The van der Waals surface area contributed by atoms with E-state index in [1.165, 1.54) is 36.2 Å². The molecule has 0 atom stereocenters. The molecule has 1 heterocycles. The van der Waals surface area contributed by atoms with Crippen molar-refractivity contribution in [3.8, 4) is 23.0 Å². The monoisotopic (exact) mass is 780 g/mol. The van der Waals surface area contributed by atoms with Crippen molar-refractivity contribution >= 4 is 41.9 Å². The molecule has 3 rings (SSSR count). The zero-order chi connectivity index (χ0) is 41.6. The summed E-state index contributed by atoms with van der Waals surface area (Å²) >= 11 is 0. The molecule has 4 N–H and O–H groups in total. The van der Waals surface area contributed by atoms with Gasteiger partial charge < -0.3 is 49.6 Å². The Hall–Kier alpha value is -5.73. The van der Waals surface area contributed by atoms with Crippen LogP contribution in [0.1, 0.15) is 78.4 Å². The first kappa shape index (κ1) is 44.7. The molecule has 56 heavy (non-hydrogen) atoms. The summed E-state index contributed by atoms with van der Waals surface area (Å²) in [4.78, 5) is 67.9. The molecule has 0 unspecified atom stereocenters. The number of nitrogens with zero attached hydrogens (tertiary/aromatic N) is 2. The zero-order valence-corrected chi connectivity index (χ0v) is 33.7. The quantitative estimate of drug-likeness (QED) is 0.133. The summed E-state index contributed by atoms with van der Waals surface area (Å²) < 4.78 is 21.2. The smallest absolute Gasteiger partial charge is 0.410 e. The topological polar surface area (TPSA) is 193 Å². The summed E-state index contributed by atoms with van der Waals surface area (Å²) in [7, 11) is 2.83. The average Bonchev–Trinajstić information content (AvgIpc) is 3.11. The fourth-order valence-electron chi connectivity index (χ4n) is 5.55. The summed E-state index contributed by atoms with van der Waals surface area (Å²) in [5.41, 5.74) is 0.436. The number of alkyl carbamates (subject to hydrolysis) is 1. The van der Waals surface area contributed by atoms with E-state index >= 15 is 0 Å². The van der Waals surface area contributed by atoms with Crippen LogP contribution in [-0.4, -0.2) is 114 Å². The number of amides is 4. The Bertz CT molecular complexity index is 1710. The number of carbonyl (C=O) groups is 5. The molecule has 15 nitrogen and oxygen atoms in total. The highest BCUT2D eigenvalue weighted by atomic mass is 16.6. The van der Waals surface area contributed by atoms with Crippen LogP contribution in [0.3, 0.4) is 0 Å². The van der Waals surface area contributed by atoms with E-state index < -0.39 is 23.4 Å². The van der Waals surface area contributed by atoms with Crippen LogP contribution in [0.25, 0.3) is 12.2 Å². The van der Waals surface area contributed by atoms with Gasteiger partial charge in [-0.3, -0.25) is 14.4 Å². The number of hydrogen-bond acceptors (Lipinski definition) is 11. The minimum Gasteiger partial charge on any atom is -0.504 e. The molecule has 15 heteroatoms. The average molecular weight is 781 g/mol. The van der Waals surface area contributed by atoms with Gasteiger partial charge in [0.05, 0.1) is 14.2 Å². The summed E-state index contributed by atoms with van der Waals surface area (Å²) in [6, 6.07) is 9.28. The van der Waals surface area contributed by atoms with E-state index in [1.807, 2.05) is 0 Å². The molecule has 1 fully saturated rings. The van der Waals surface area contributed by atoms with Crippen molar-refractivity contribution in [2.24, 2.45) is 0 Å². The number of rotatable bonds is 15. The Balaban J connectivity index is 1.63. The van der Waals surface area contributed by atoms with Crippen LogP contribution in [0.5, 0.6) is 23.0 Å². The van der Waals surface area contributed by atoms with E-state index in [1.54, 1.807) is 78.0 Å². The number of nitrogens with one attached hydrogen (secondary N) is 2. The summed E-state index contributed by atoms with van der Waals surface area (Å²) in [6.45, 7) is 11.7. The third kappa shape index (κ3) is 14.8. The fraction of sp³-hybridized carbons (Fsp3) is 0.488. The van der Waals surface area contributed by atoms with Crippen molar-refractivity contribution in [1.29, 1.82) is 0 Å². The molecule has 306 valence electrons. The molecule has 0 aliphatic carbocycles. The van der Waals surface area contributed by atoms with Crippen molar-refractivity contribution in [1.82, 2.24) is 20.4 Å². The number of benzene rings is 2. The number of carbonyl (C=O) groups excluding carboxylic acids is 5. The molecule has 0 saturated carbocycles. The Labute approximate surface area is 328 Å². The second-order valence-corrected chi connectivity index (χ2v) is 15.2. The number of Topliss-reactive ketones (excluding diaryl/α,β-unsaturated/α-hetero) is 1. The number of likely N-dealkylation sites (tertiary alicyclic amines) is 1. The van der Waals surface area contributed by atoms with Crippen molar-refractivity contribution in [2.75, 3.05) is 53.5 Å². The van der Waals surface area contributed by atoms with Crippen LogP contribution in [0.4, 0.5) is 9.59 Å². The van der Waals surface area contributed by atoms with E-state index in [0.29, 0.717) is 41.7 Å². The molecule has 1 saturated heterocycles. The van der Waals surface area contributed by atoms with Gasteiger partial charge in [-0.05, 0) is 102 Å². The minimum atomic E-state index is -0.711. The lowest BCUT2D eigenvalue weighted by Gasteiger charge is -2.30. The van der Waals surface area contributed by atoms with E-state index in [0.717, 1.165) is 0 Å². The van der Waals surface area contributed by atoms with Gasteiger partial charge >= 0.3 is 12.2 Å². The molecule has 2 aromatic carbocycles. The lowest BCUT2D eigenvalue weighted by molar-refractivity contribution is -0.133. The molecular weight excluding hydrogens is 724 g/mol. The number of ether oxygens (including phenoxy) is 4. The maximum atomic E-state index is 13.7. The van der Waals surface area contributed by atoms with Crippen molar-refractivity contribution in [2.45, 2.75) is 78.4 Å². The first-order chi connectivity index (χ1) is 26.3. The summed E-state index contributed by atoms with van der Waals surface area (Å²) in [6.07, 6.45) is 2.85.